The maximum atomic E-state index is 5.40. The number of hydrogen-bond donors (Lipinski definition) is 0. The third kappa shape index (κ3) is 2.35. The zero-order valence-electron chi connectivity index (χ0n) is 11.5. The van der Waals surface area contributed by atoms with Crippen molar-refractivity contribution in [2.75, 3.05) is 0 Å². The van der Waals surface area contributed by atoms with Crippen molar-refractivity contribution in [2.24, 2.45) is 0 Å². The van der Waals surface area contributed by atoms with Gasteiger partial charge in [-0.2, -0.15) is 0 Å². The van der Waals surface area contributed by atoms with E-state index in [1.807, 2.05) is 18.2 Å². The highest BCUT2D eigenvalue weighted by atomic mass is 16.3. The van der Waals surface area contributed by atoms with Crippen LogP contribution in [0.2, 0.25) is 0 Å². The summed E-state index contributed by atoms with van der Waals surface area (Å²) >= 11 is 0. The molecule has 0 atom stereocenters. The molecule has 0 aliphatic rings. The molecule has 20 heavy (non-hydrogen) atoms. The van der Waals surface area contributed by atoms with Crippen LogP contribution in [0.15, 0.2) is 53.4 Å². The van der Waals surface area contributed by atoms with Crippen LogP contribution in [-0.4, -0.2) is 9.97 Å². The van der Waals surface area contributed by atoms with E-state index in [9.17, 15) is 0 Å². The van der Waals surface area contributed by atoms with Gasteiger partial charge >= 0.3 is 0 Å². The first-order valence-electron chi connectivity index (χ1n) is 6.62. The Balaban J connectivity index is 2.20. The fourth-order valence-corrected chi connectivity index (χ4v) is 2.10. The van der Waals surface area contributed by atoms with Crippen molar-refractivity contribution in [3.05, 3.63) is 60.9 Å². The molecular weight excluding hydrogens is 248 g/mol. The van der Waals surface area contributed by atoms with Gasteiger partial charge < -0.3 is 4.42 Å². The molecule has 0 saturated heterocycles. The minimum atomic E-state index is 0.359. The summed E-state index contributed by atoms with van der Waals surface area (Å²) in [5.74, 6) is 1.05. The molecule has 1 radical (unpaired) electrons. The molecule has 0 bridgehead atoms. The third-order valence-electron chi connectivity index (χ3n) is 3.21. The molecule has 1 aromatic carbocycles. The van der Waals surface area contributed by atoms with Crippen molar-refractivity contribution in [2.45, 2.75) is 19.8 Å². The molecule has 0 saturated carbocycles. The van der Waals surface area contributed by atoms with E-state index in [4.69, 9.17) is 4.42 Å². The van der Waals surface area contributed by atoms with E-state index in [-0.39, 0.29) is 0 Å². The second-order valence-corrected chi connectivity index (χ2v) is 4.97. The van der Waals surface area contributed by atoms with Crippen molar-refractivity contribution >= 4 is 0 Å². The Hall–Kier alpha value is -2.42. The van der Waals surface area contributed by atoms with Gasteiger partial charge in [0.15, 0.2) is 12.2 Å². The van der Waals surface area contributed by atoms with E-state index >= 15 is 0 Å². The van der Waals surface area contributed by atoms with Crippen LogP contribution in [-0.2, 0) is 0 Å². The van der Waals surface area contributed by atoms with Crippen LogP contribution in [0.1, 0.15) is 25.5 Å². The molecule has 0 fully saturated rings. The average molecular weight is 263 g/mol. The van der Waals surface area contributed by atoms with Crippen LogP contribution in [0, 0.1) is 6.20 Å². The lowest BCUT2D eigenvalue weighted by molar-refractivity contribution is 0.571. The maximum absolute atomic E-state index is 5.40. The molecule has 0 aliphatic carbocycles. The average Bonchev–Trinajstić information content (AvgIpc) is 3.01. The lowest BCUT2D eigenvalue weighted by Gasteiger charge is -2.11. The summed E-state index contributed by atoms with van der Waals surface area (Å²) in [5.41, 5.74) is 4.06. The van der Waals surface area contributed by atoms with E-state index in [0.29, 0.717) is 11.7 Å². The predicted molar refractivity (Wildman–Crippen MR) is 78.1 cm³/mol. The summed E-state index contributed by atoms with van der Waals surface area (Å²) < 4.78 is 5.40. The number of oxazole rings is 1. The molecule has 2 aromatic heterocycles. The van der Waals surface area contributed by atoms with Crippen LogP contribution in [0.4, 0.5) is 0 Å². The first kappa shape index (κ1) is 12.6. The Morgan fingerprint density at radius 2 is 1.95 bits per heavy atom. The highest BCUT2D eigenvalue weighted by molar-refractivity contribution is 5.80. The summed E-state index contributed by atoms with van der Waals surface area (Å²) in [5, 5.41) is 0. The predicted octanol–water partition coefficient (Wildman–Crippen LogP) is 4.33. The van der Waals surface area contributed by atoms with Gasteiger partial charge in [-0.1, -0.05) is 44.2 Å². The molecule has 0 aliphatic heterocycles. The van der Waals surface area contributed by atoms with Crippen molar-refractivity contribution in [1.29, 1.82) is 0 Å². The highest BCUT2D eigenvalue weighted by Crippen LogP contribution is 2.32. The zero-order valence-corrected chi connectivity index (χ0v) is 11.5. The normalized spacial score (nSPS) is 10.9. The quantitative estimate of drug-likeness (QED) is 0.706. The van der Waals surface area contributed by atoms with Crippen LogP contribution in [0.25, 0.3) is 22.5 Å². The van der Waals surface area contributed by atoms with E-state index in [2.05, 4.69) is 48.2 Å². The molecule has 3 aromatic rings. The summed E-state index contributed by atoms with van der Waals surface area (Å²) in [6, 6.07) is 12.3. The van der Waals surface area contributed by atoms with Crippen molar-refractivity contribution in [3.8, 4) is 22.5 Å². The van der Waals surface area contributed by atoms with Gasteiger partial charge in [-0.3, -0.25) is 4.98 Å². The Morgan fingerprint density at radius 3 is 2.60 bits per heavy atom. The molecule has 3 nitrogen and oxygen atoms in total. The fraction of sp³-hybridized carbons (Fsp3) is 0.176. The fourth-order valence-electron chi connectivity index (χ4n) is 2.10. The number of rotatable bonds is 3. The second-order valence-electron chi connectivity index (χ2n) is 4.97. The summed E-state index contributed by atoms with van der Waals surface area (Å²) in [4.78, 5) is 8.38. The van der Waals surface area contributed by atoms with E-state index in [1.165, 1.54) is 6.39 Å². The lowest BCUT2D eigenvalue weighted by atomic mass is 9.97. The lowest BCUT2D eigenvalue weighted by Crippen LogP contribution is -1.95. The Labute approximate surface area is 118 Å². The van der Waals surface area contributed by atoms with Gasteiger partial charge in [-0.05, 0) is 23.1 Å². The van der Waals surface area contributed by atoms with Crippen molar-refractivity contribution in [3.63, 3.8) is 0 Å². The maximum Gasteiger partial charge on any atom is 0.181 e. The molecule has 3 rings (SSSR count). The van der Waals surface area contributed by atoms with Crippen LogP contribution >= 0.6 is 0 Å². The first-order valence-corrected chi connectivity index (χ1v) is 6.62. The molecule has 0 unspecified atom stereocenters. The van der Waals surface area contributed by atoms with Gasteiger partial charge in [0.25, 0.3) is 0 Å². The van der Waals surface area contributed by atoms with Gasteiger partial charge in [-0.15, -0.1) is 0 Å². The minimum Gasteiger partial charge on any atom is -0.443 e. The van der Waals surface area contributed by atoms with Gasteiger partial charge in [0, 0.05) is 5.69 Å². The standard InChI is InChI=1S/C17H15N2O/c1-12(2)16-8-14(13-6-4-3-5-7-13)15(9-19-16)17-10-18-11-20-17/h3-8,10-12H,1-2H3. The molecular formula is C17H15N2O. The Morgan fingerprint density at radius 1 is 1.15 bits per heavy atom. The van der Waals surface area contributed by atoms with Gasteiger partial charge in [0.05, 0.1) is 11.8 Å². The molecule has 0 amide bonds. The van der Waals surface area contributed by atoms with Crippen molar-refractivity contribution < 1.29 is 4.42 Å². The van der Waals surface area contributed by atoms with Gasteiger partial charge in [0.2, 0.25) is 0 Å². The number of benzene rings is 1. The zero-order chi connectivity index (χ0) is 13.9. The highest BCUT2D eigenvalue weighted by Gasteiger charge is 2.13. The first-order chi connectivity index (χ1) is 9.75. The summed E-state index contributed by atoms with van der Waals surface area (Å²) in [6.45, 7) is 4.25. The summed E-state index contributed by atoms with van der Waals surface area (Å²) in [6.07, 6.45) is 6.22. The molecule has 3 heteroatoms. The third-order valence-corrected chi connectivity index (χ3v) is 3.21. The molecule has 0 N–H and O–H groups in total. The molecule has 99 valence electrons. The van der Waals surface area contributed by atoms with E-state index in [1.54, 1.807) is 6.20 Å². The van der Waals surface area contributed by atoms with E-state index in [0.717, 1.165) is 22.4 Å². The minimum absolute atomic E-state index is 0.359. The Bertz CT molecular complexity index is 688. The monoisotopic (exact) mass is 263 g/mol. The number of hydrogen-bond acceptors (Lipinski definition) is 3. The van der Waals surface area contributed by atoms with Crippen LogP contribution < -0.4 is 0 Å². The van der Waals surface area contributed by atoms with Crippen molar-refractivity contribution in [1.82, 2.24) is 9.97 Å². The summed E-state index contributed by atoms with van der Waals surface area (Å²) in [7, 11) is 0. The number of nitrogens with zero attached hydrogens (tertiary/aromatic N) is 2. The van der Waals surface area contributed by atoms with Gasteiger partial charge in [0.1, 0.15) is 6.20 Å². The second kappa shape index (κ2) is 5.29. The van der Waals surface area contributed by atoms with Crippen LogP contribution in [0.3, 0.4) is 0 Å². The number of pyridine rings is 1. The molecule has 2 heterocycles. The molecule has 0 spiro atoms. The smallest absolute Gasteiger partial charge is 0.181 e. The SMILES string of the molecule is CC(C)c1cc(-c2ccccc2)c(-c2cnco2)[c]n1. The van der Waals surface area contributed by atoms with Crippen LogP contribution in [0.5, 0.6) is 0 Å². The number of aromatic nitrogens is 2. The van der Waals surface area contributed by atoms with E-state index < -0.39 is 0 Å². The largest absolute Gasteiger partial charge is 0.443 e. The van der Waals surface area contributed by atoms with Gasteiger partial charge in [-0.25, -0.2) is 4.98 Å². The Kier molecular flexibility index (Phi) is 3.33. The topological polar surface area (TPSA) is 38.9 Å².